The van der Waals surface area contributed by atoms with Crippen molar-refractivity contribution in [2.45, 2.75) is 13.8 Å². The highest BCUT2D eigenvalue weighted by atomic mass is 35.5. The van der Waals surface area contributed by atoms with Crippen LogP contribution in [-0.2, 0) is 9.53 Å². The summed E-state index contributed by atoms with van der Waals surface area (Å²) in [5.74, 6) is -0.568. The molecule has 0 aliphatic carbocycles. The molecule has 0 atom stereocenters. The predicted octanol–water partition coefficient (Wildman–Crippen LogP) is 1.86. The number of nitrogens with zero attached hydrogens (tertiary/aromatic N) is 2. The number of rotatable bonds is 6. The molecule has 1 heterocycles. The Kier molecular flexibility index (Phi) is 6.04. The second-order valence-electron chi connectivity index (χ2n) is 3.55. The van der Waals surface area contributed by atoms with E-state index in [-0.39, 0.29) is 22.5 Å². The Morgan fingerprint density at radius 2 is 2.05 bits per heavy atom. The van der Waals surface area contributed by atoms with Gasteiger partial charge in [-0.2, -0.15) is 0 Å². The number of methoxy groups -OCH3 is 1. The summed E-state index contributed by atoms with van der Waals surface area (Å²) in [7, 11) is 1.27. The van der Waals surface area contributed by atoms with Gasteiger partial charge in [-0.3, -0.25) is 4.79 Å². The van der Waals surface area contributed by atoms with E-state index in [2.05, 4.69) is 15.0 Å². The number of aromatic nitrogens is 1. The lowest BCUT2D eigenvalue weighted by Crippen LogP contribution is -2.35. The zero-order chi connectivity index (χ0) is 14.4. The van der Waals surface area contributed by atoms with Crippen LogP contribution in [0.25, 0.3) is 0 Å². The number of halogens is 1. The van der Waals surface area contributed by atoms with Crippen molar-refractivity contribution < 1.29 is 14.3 Å². The van der Waals surface area contributed by atoms with Crippen LogP contribution in [0.4, 0.5) is 5.13 Å². The molecule has 1 amide bonds. The van der Waals surface area contributed by atoms with Crippen LogP contribution in [0, 0.1) is 0 Å². The highest BCUT2D eigenvalue weighted by molar-refractivity contribution is 7.18. The molecule has 6 nitrogen and oxygen atoms in total. The van der Waals surface area contributed by atoms with Gasteiger partial charge in [0, 0.05) is 13.1 Å². The van der Waals surface area contributed by atoms with Crippen molar-refractivity contribution in [3.8, 4) is 0 Å². The maximum Gasteiger partial charge on any atom is 0.351 e. The second-order valence-corrected chi connectivity index (χ2v) is 4.91. The fourth-order valence-electron chi connectivity index (χ4n) is 1.44. The lowest BCUT2D eigenvalue weighted by atomic mass is 10.4. The molecule has 0 fully saturated rings. The van der Waals surface area contributed by atoms with E-state index in [0.29, 0.717) is 18.2 Å². The fraction of sp³-hybridized carbons (Fsp3) is 0.545. The molecule has 1 N–H and O–H groups in total. The number of likely N-dealkylation sites (N-methyl/N-ethyl adjacent to an activating group) is 1. The zero-order valence-electron chi connectivity index (χ0n) is 11.0. The smallest absolute Gasteiger partial charge is 0.351 e. The van der Waals surface area contributed by atoms with Gasteiger partial charge >= 0.3 is 5.97 Å². The molecule has 1 aromatic rings. The maximum absolute atomic E-state index is 11.8. The predicted molar refractivity (Wildman–Crippen MR) is 74.9 cm³/mol. The molecule has 0 radical (unpaired) electrons. The van der Waals surface area contributed by atoms with Gasteiger partial charge in [0.1, 0.15) is 0 Å². The lowest BCUT2D eigenvalue weighted by molar-refractivity contribution is -0.128. The third kappa shape index (κ3) is 4.07. The quantitative estimate of drug-likeness (QED) is 0.812. The largest absolute Gasteiger partial charge is 0.465 e. The normalized spacial score (nSPS) is 10.1. The van der Waals surface area contributed by atoms with Crippen molar-refractivity contribution >= 4 is 39.9 Å². The van der Waals surface area contributed by atoms with Crippen LogP contribution >= 0.6 is 22.9 Å². The summed E-state index contributed by atoms with van der Waals surface area (Å²) in [5, 5.41) is 3.36. The van der Waals surface area contributed by atoms with Crippen LogP contribution in [0.3, 0.4) is 0 Å². The maximum atomic E-state index is 11.8. The van der Waals surface area contributed by atoms with E-state index >= 15 is 0 Å². The van der Waals surface area contributed by atoms with E-state index in [1.807, 2.05) is 13.8 Å². The number of carbonyl (C=O) groups is 2. The summed E-state index contributed by atoms with van der Waals surface area (Å²) >= 11 is 6.88. The summed E-state index contributed by atoms with van der Waals surface area (Å²) < 4.78 is 4.57. The Bertz CT molecular complexity index is 460. The highest BCUT2D eigenvalue weighted by Gasteiger charge is 2.18. The first-order valence-electron chi connectivity index (χ1n) is 5.79. The van der Waals surface area contributed by atoms with E-state index in [1.165, 1.54) is 7.11 Å². The van der Waals surface area contributed by atoms with Gasteiger partial charge in [0.05, 0.1) is 13.7 Å². The van der Waals surface area contributed by atoms with E-state index in [1.54, 1.807) is 4.90 Å². The number of nitrogens with one attached hydrogen (secondary N) is 1. The van der Waals surface area contributed by atoms with Gasteiger partial charge in [-0.1, -0.05) is 22.9 Å². The highest BCUT2D eigenvalue weighted by Crippen LogP contribution is 2.27. The van der Waals surface area contributed by atoms with Gasteiger partial charge < -0.3 is 15.0 Å². The number of anilines is 1. The molecular formula is C11H16ClN3O3S. The van der Waals surface area contributed by atoms with Crippen LogP contribution in [0.5, 0.6) is 0 Å². The summed E-state index contributed by atoms with van der Waals surface area (Å²) in [6.45, 7) is 5.26. The van der Waals surface area contributed by atoms with Crippen molar-refractivity contribution in [2.24, 2.45) is 0 Å². The molecule has 1 aromatic heterocycles. The topological polar surface area (TPSA) is 71.5 Å². The molecule has 106 valence electrons. The molecule has 0 unspecified atom stereocenters. The van der Waals surface area contributed by atoms with Gasteiger partial charge in [0.25, 0.3) is 0 Å². The van der Waals surface area contributed by atoms with E-state index in [9.17, 15) is 9.59 Å². The second kappa shape index (κ2) is 7.30. The standard InChI is InChI=1S/C11H16ClN3O3S/c1-4-15(5-2)7(16)6-13-11-14-9(12)8(19-11)10(17)18-3/h4-6H2,1-3H3,(H,13,14). The minimum Gasteiger partial charge on any atom is -0.465 e. The molecular weight excluding hydrogens is 290 g/mol. The Morgan fingerprint density at radius 1 is 1.42 bits per heavy atom. The minimum atomic E-state index is -0.536. The number of hydrogen-bond acceptors (Lipinski definition) is 6. The van der Waals surface area contributed by atoms with Gasteiger partial charge in [0.15, 0.2) is 15.2 Å². The third-order valence-corrected chi connectivity index (χ3v) is 3.84. The molecule has 8 heteroatoms. The van der Waals surface area contributed by atoms with Gasteiger partial charge in [0.2, 0.25) is 5.91 Å². The first-order valence-corrected chi connectivity index (χ1v) is 6.99. The molecule has 0 spiro atoms. The van der Waals surface area contributed by atoms with Crippen LogP contribution in [0.15, 0.2) is 0 Å². The molecule has 0 aliphatic rings. The number of thiazole rings is 1. The minimum absolute atomic E-state index is 0.0315. The van der Waals surface area contributed by atoms with Crippen molar-refractivity contribution in [3.05, 3.63) is 10.0 Å². The Balaban J connectivity index is 2.64. The average Bonchev–Trinajstić information content (AvgIpc) is 2.78. The third-order valence-electron chi connectivity index (χ3n) is 2.46. The van der Waals surface area contributed by atoms with Crippen LogP contribution in [0.1, 0.15) is 23.5 Å². The summed E-state index contributed by atoms with van der Waals surface area (Å²) in [6.07, 6.45) is 0. The lowest BCUT2D eigenvalue weighted by Gasteiger charge is -2.18. The first-order chi connectivity index (χ1) is 9.03. The summed E-state index contributed by atoms with van der Waals surface area (Å²) in [6, 6.07) is 0. The average molecular weight is 306 g/mol. The fourth-order valence-corrected chi connectivity index (χ4v) is 2.53. The van der Waals surface area contributed by atoms with Crippen molar-refractivity contribution in [2.75, 3.05) is 32.1 Å². The van der Waals surface area contributed by atoms with E-state index < -0.39 is 5.97 Å². The number of carbonyl (C=O) groups excluding carboxylic acids is 2. The molecule has 0 saturated carbocycles. The molecule has 1 rings (SSSR count). The Labute approximate surface area is 120 Å². The van der Waals surface area contributed by atoms with Crippen molar-refractivity contribution in [1.29, 1.82) is 0 Å². The number of ether oxygens (including phenoxy) is 1. The van der Waals surface area contributed by atoms with Crippen molar-refractivity contribution in [3.63, 3.8) is 0 Å². The zero-order valence-corrected chi connectivity index (χ0v) is 12.6. The van der Waals surface area contributed by atoms with Gasteiger partial charge in [-0.15, -0.1) is 0 Å². The number of esters is 1. The number of amides is 1. The van der Waals surface area contributed by atoms with E-state index in [4.69, 9.17) is 11.6 Å². The van der Waals surface area contributed by atoms with Crippen LogP contribution < -0.4 is 5.32 Å². The van der Waals surface area contributed by atoms with Crippen LogP contribution in [-0.4, -0.2) is 48.5 Å². The Hall–Kier alpha value is -1.34. The Morgan fingerprint density at radius 3 is 2.58 bits per heavy atom. The van der Waals surface area contributed by atoms with Crippen LogP contribution in [0.2, 0.25) is 5.15 Å². The van der Waals surface area contributed by atoms with Gasteiger partial charge in [-0.05, 0) is 13.8 Å². The summed E-state index contributed by atoms with van der Waals surface area (Å²) in [4.78, 5) is 29.0. The first kappa shape index (κ1) is 15.7. The van der Waals surface area contributed by atoms with Gasteiger partial charge in [-0.25, -0.2) is 9.78 Å². The number of hydrogen-bond donors (Lipinski definition) is 1. The monoisotopic (exact) mass is 305 g/mol. The molecule has 0 bridgehead atoms. The van der Waals surface area contributed by atoms with E-state index in [0.717, 1.165) is 11.3 Å². The summed E-state index contributed by atoms with van der Waals surface area (Å²) in [5.41, 5.74) is 0. The molecule has 0 aromatic carbocycles. The molecule has 19 heavy (non-hydrogen) atoms. The van der Waals surface area contributed by atoms with Crippen molar-refractivity contribution in [1.82, 2.24) is 9.88 Å². The molecule has 0 aliphatic heterocycles. The molecule has 0 saturated heterocycles. The SMILES string of the molecule is CCN(CC)C(=O)CNc1nc(Cl)c(C(=O)OC)s1.